The van der Waals surface area contributed by atoms with E-state index in [1.807, 2.05) is 11.8 Å². The van der Waals surface area contributed by atoms with E-state index in [1.165, 1.54) is 7.11 Å². The maximum absolute atomic E-state index is 11.6. The molecule has 2 heterocycles. The number of methoxy groups -OCH3 is 1. The van der Waals surface area contributed by atoms with E-state index in [0.29, 0.717) is 24.5 Å². The lowest BCUT2D eigenvalue weighted by atomic mass is 9.89. The number of ether oxygens (including phenoxy) is 1. The predicted molar refractivity (Wildman–Crippen MR) is 67.6 cm³/mol. The van der Waals surface area contributed by atoms with Crippen LogP contribution >= 0.6 is 0 Å². The summed E-state index contributed by atoms with van der Waals surface area (Å²) in [4.78, 5) is 17.7. The fraction of sp³-hybridized carbons (Fsp3) is 0.538. The predicted octanol–water partition coefficient (Wildman–Crippen LogP) is 1.22. The van der Waals surface area contributed by atoms with Gasteiger partial charge in [0, 0.05) is 19.3 Å². The summed E-state index contributed by atoms with van der Waals surface area (Å²) in [7, 11) is 1.35. The van der Waals surface area contributed by atoms with Crippen LogP contribution in [-0.4, -0.2) is 41.9 Å². The maximum atomic E-state index is 11.6. The van der Waals surface area contributed by atoms with E-state index in [9.17, 15) is 9.90 Å². The molecule has 0 spiro atoms. The fourth-order valence-corrected chi connectivity index (χ4v) is 2.36. The van der Waals surface area contributed by atoms with Crippen molar-refractivity contribution < 1.29 is 14.6 Å². The second-order valence-electron chi connectivity index (χ2n) is 4.70. The van der Waals surface area contributed by atoms with Crippen molar-refractivity contribution in [3.63, 3.8) is 0 Å². The Morgan fingerprint density at radius 2 is 2.33 bits per heavy atom. The van der Waals surface area contributed by atoms with Crippen LogP contribution in [0.2, 0.25) is 0 Å². The van der Waals surface area contributed by atoms with Crippen molar-refractivity contribution in [2.45, 2.75) is 25.4 Å². The van der Waals surface area contributed by atoms with Gasteiger partial charge in [0.1, 0.15) is 11.4 Å². The molecule has 0 radical (unpaired) electrons. The highest BCUT2D eigenvalue weighted by atomic mass is 16.5. The van der Waals surface area contributed by atoms with E-state index >= 15 is 0 Å². The van der Waals surface area contributed by atoms with Gasteiger partial charge in [0.05, 0.1) is 12.7 Å². The minimum atomic E-state index is -0.639. The summed E-state index contributed by atoms with van der Waals surface area (Å²) < 4.78 is 4.73. The van der Waals surface area contributed by atoms with Crippen LogP contribution in [0.4, 0.5) is 5.82 Å². The number of β-amino-alcohol motifs (C(OH)–C–C–N with tert-alkyl or cyclic N) is 1. The van der Waals surface area contributed by atoms with Gasteiger partial charge in [-0.2, -0.15) is 0 Å². The Labute approximate surface area is 106 Å². The number of aliphatic hydroxyl groups is 1. The van der Waals surface area contributed by atoms with Crippen molar-refractivity contribution >= 4 is 11.8 Å². The van der Waals surface area contributed by atoms with E-state index in [4.69, 9.17) is 4.74 Å². The number of aromatic nitrogens is 1. The highest BCUT2D eigenvalue weighted by Crippen LogP contribution is 2.31. The number of rotatable bonds is 4. The van der Waals surface area contributed by atoms with E-state index in [1.54, 1.807) is 18.3 Å². The number of nitrogens with zero attached hydrogens (tertiary/aromatic N) is 2. The van der Waals surface area contributed by atoms with Crippen LogP contribution in [0.15, 0.2) is 18.3 Å². The molecule has 1 aliphatic heterocycles. The first-order valence-corrected chi connectivity index (χ1v) is 6.10. The van der Waals surface area contributed by atoms with Crippen LogP contribution in [0.5, 0.6) is 0 Å². The normalized spacial score (nSPS) is 17.2. The quantitative estimate of drug-likeness (QED) is 0.814. The molecule has 1 aliphatic rings. The molecule has 0 atom stereocenters. The number of pyridine rings is 1. The third-order valence-electron chi connectivity index (χ3n) is 3.18. The molecule has 0 aliphatic carbocycles. The zero-order valence-corrected chi connectivity index (χ0v) is 10.7. The SMILES string of the molecule is CCCC1(O)CN(c2ncccc2C(=O)OC)C1. The van der Waals surface area contributed by atoms with Crippen molar-refractivity contribution in [2.24, 2.45) is 0 Å². The summed E-state index contributed by atoms with van der Waals surface area (Å²) >= 11 is 0. The Kier molecular flexibility index (Phi) is 3.52. The Bertz CT molecular complexity index is 442. The van der Waals surface area contributed by atoms with Crippen molar-refractivity contribution in [2.75, 3.05) is 25.1 Å². The first kappa shape index (κ1) is 12.8. The van der Waals surface area contributed by atoms with Crippen molar-refractivity contribution in [3.8, 4) is 0 Å². The molecule has 5 nitrogen and oxygen atoms in total. The van der Waals surface area contributed by atoms with Crippen LogP contribution in [0.25, 0.3) is 0 Å². The van der Waals surface area contributed by atoms with Gasteiger partial charge in [0.2, 0.25) is 0 Å². The standard InChI is InChI=1S/C13H18N2O3/c1-3-6-13(17)8-15(9-13)11-10(12(16)18-2)5-4-7-14-11/h4-5,7,17H,3,6,8-9H2,1-2H3. The first-order chi connectivity index (χ1) is 8.59. The van der Waals surface area contributed by atoms with Gasteiger partial charge in [-0.15, -0.1) is 0 Å². The van der Waals surface area contributed by atoms with Crippen LogP contribution in [0, 0.1) is 0 Å². The Balaban J connectivity index is 2.14. The van der Waals surface area contributed by atoms with Gasteiger partial charge in [-0.3, -0.25) is 0 Å². The molecule has 1 saturated heterocycles. The zero-order valence-electron chi connectivity index (χ0n) is 10.7. The van der Waals surface area contributed by atoms with E-state index in [0.717, 1.165) is 12.8 Å². The van der Waals surface area contributed by atoms with Gasteiger partial charge in [0.15, 0.2) is 0 Å². The highest BCUT2D eigenvalue weighted by Gasteiger charge is 2.42. The van der Waals surface area contributed by atoms with E-state index in [-0.39, 0.29) is 0 Å². The second kappa shape index (κ2) is 4.94. The lowest BCUT2D eigenvalue weighted by Crippen LogP contribution is -2.62. The molecular formula is C13H18N2O3. The van der Waals surface area contributed by atoms with Crippen LogP contribution < -0.4 is 4.90 Å². The maximum Gasteiger partial charge on any atom is 0.341 e. The molecule has 0 bridgehead atoms. The topological polar surface area (TPSA) is 62.7 Å². The lowest BCUT2D eigenvalue weighted by Gasteiger charge is -2.47. The molecule has 1 fully saturated rings. The summed E-state index contributed by atoms with van der Waals surface area (Å²) in [5.74, 6) is 0.189. The van der Waals surface area contributed by atoms with Gasteiger partial charge in [0.25, 0.3) is 0 Å². The van der Waals surface area contributed by atoms with Crippen molar-refractivity contribution in [1.29, 1.82) is 0 Å². The molecule has 2 rings (SSSR count). The average molecular weight is 250 g/mol. The molecule has 0 saturated carbocycles. The van der Waals surface area contributed by atoms with Crippen LogP contribution in [0.1, 0.15) is 30.1 Å². The largest absolute Gasteiger partial charge is 0.465 e. The van der Waals surface area contributed by atoms with E-state index in [2.05, 4.69) is 4.98 Å². The monoisotopic (exact) mass is 250 g/mol. The molecule has 0 unspecified atom stereocenters. The number of anilines is 1. The van der Waals surface area contributed by atoms with Gasteiger partial charge in [-0.05, 0) is 18.6 Å². The molecule has 5 heteroatoms. The summed E-state index contributed by atoms with van der Waals surface area (Å²) in [5.41, 5.74) is -0.196. The van der Waals surface area contributed by atoms with Gasteiger partial charge >= 0.3 is 5.97 Å². The molecule has 98 valence electrons. The molecule has 1 aromatic rings. The molecular weight excluding hydrogens is 232 g/mol. The zero-order chi connectivity index (χ0) is 13.2. The van der Waals surface area contributed by atoms with Gasteiger partial charge < -0.3 is 14.7 Å². The van der Waals surface area contributed by atoms with E-state index < -0.39 is 11.6 Å². The summed E-state index contributed by atoms with van der Waals surface area (Å²) in [5, 5.41) is 10.1. The Hall–Kier alpha value is -1.62. The highest BCUT2D eigenvalue weighted by molar-refractivity contribution is 5.94. The number of hydrogen-bond donors (Lipinski definition) is 1. The third-order valence-corrected chi connectivity index (χ3v) is 3.18. The average Bonchev–Trinajstić information content (AvgIpc) is 2.35. The van der Waals surface area contributed by atoms with Crippen molar-refractivity contribution in [1.82, 2.24) is 4.98 Å². The van der Waals surface area contributed by atoms with Gasteiger partial charge in [-0.1, -0.05) is 13.3 Å². The number of carbonyl (C=O) groups excluding carboxylic acids is 1. The minimum absolute atomic E-state index is 0.399. The number of carbonyl (C=O) groups is 1. The summed E-state index contributed by atoms with van der Waals surface area (Å²) in [6.45, 7) is 3.07. The molecule has 18 heavy (non-hydrogen) atoms. The Morgan fingerprint density at radius 3 is 2.94 bits per heavy atom. The Morgan fingerprint density at radius 1 is 1.61 bits per heavy atom. The number of hydrogen-bond acceptors (Lipinski definition) is 5. The molecule has 0 aromatic carbocycles. The third kappa shape index (κ3) is 2.31. The molecule has 0 amide bonds. The second-order valence-corrected chi connectivity index (χ2v) is 4.70. The van der Waals surface area contributed by atoms with Crippen molar-refractivity contribution in [3.05, 3.63) is 23.9 Å². The van der Waals surface area contributed by atoms with Gasteiger partial charge in [-0.25, -0.2) is 9.78 Å². The minimum Gasteiger partial charge on any atom is -0.465 e. The fourth-order valence-electron chi connectivity index (χ4n) is 2.36. The molecule has 1 aromatic heterocycles. The van der Waals surface area contributed by atoms with Crippen LogP contribution in [-0.2, 0) is 4.74 Å². The lowest BCUT2D eigenvalue weighted by molar-refractivity contribution is 0.00269. The first-order valence-electron chi connectivity index (χ1n) is 6.10. The number of esters is 1. The summed E-state index contributed by atoms with van der Waals surface area (Å²) in [6, 6.07) is 3.39. The van der Waals surface area contributed by atoms with Crippen LogP contribution in [0.3, 0.4) is 0 Å². The summed E-state index contributed by atoms with van der Waals surface area (Å²) in [6.07, 6.45) is 3.35. The smallest absolute Gasteiger partial charge is 0.341 e. The molecule has 1 N–H and O–H groups in total.